The lowest BCUT2D eigenvalue weighted by molar-refractivity contribution is -0.162. The molecule has 0 radical (unpaired) electrons. The first-order valence-corrected chi connectivity index (χ1v) is 12.5. The van der Waals surface area contributed by atoms with Crippen molar-refractivity contribution in [2.24, 2.45) is 0 Å². The zero-order chi connectivity index (χ0) is 21.4. The number of hydrogen-bond donors (Lipinski definition) is 9. The number of aliphatic hydroxyl groups excluding tert-OH is 1. The minimum absolute atomic E-state index is 1.02. The summed E-state index contributed by atoms with van der Waals surface area (Å²) in [7, 11) is -21.8. The van der Waals surface area contributed by atoms with Crippen LogP contribution in [0.2, 0.25) is 0 Å². The van der Waals surface area contributed by atoms with Crippen molar-refractivity contribution in [3.8, 4) is 0 Å². The Morgan fingerprint density at radius 2 is 0.889 bits per heavy atom. The molecule has 0 aliphatic heterocycles. The minimum atomic E-state index is -5.52. The molecule has 1 rings (SSSR count). The Kier molecular flexibility index (Phi) is 8.14. The second kappa shape index (κ2) is 8.64. The third kappa shape index (κ3) is 9.63. The van der Waals surface area contributed by atoms with Crippen LogP contribution in [0.5, 0.6) is 0 Å². The van der Waals surface area contributed by atoms with Crippen LogP contribution in [-0.2, 0) is 36.4 Å². The molecule has 0 heterocycles. The van der Waals surface area contributed by atoms with Crippen molar-refractivity contribution in [3.63, 3.8) is 0 Å². The average Bonchev–Trinajstić information content (AvgIpc) is 2.33. The van der Waals surface area contributed by atoms with Crippen LogP contribution in [0.25, 0.3) is 0 Å². The summed E-state index contributed by atoms with van der Waals surface area (Å²) in [6.45, 7) is 0. The quantitative estimate of drug-likeness (QED) is 0.163. The van der Waals surface area contributed by atoms with Crippen LogP contribution in [-0.4, -0.2) is 74.8 Å². The van der Waals surface area contributed by atoms with Gasteiger partial charge in [0.2, 0.25) is 0 Å². The van der Waals surface area contributed by atoms with Crippen molar-refractivity contribution in [2.45, 2.75) is 36.9 Å². The van der Waals surface area contributed by atoms with E-state index in [1.165, 1.54) is 0 Å². The molecule has 1 aliphatic carbocycles. The van der Waals surface area contributed by atoms with E-state index in [-0.39, 0.29) is 0 Å². The second-order valence-corrected chi connectivity index (χ2v) is 9.88. The molecular formula is C6H16O17P4. The van der Waals surface area contributed by atoms with Gasteiger partial charge in [0.15, 0.2) is 0 Å². The normalized spacial score (nSPS) is 31.1. The fraction of sp³-hybridized carbons (Fsp3) is 1.00. The van der Waals surface area contributed by atoms with Gasteiger partial charge in [0.05, 0.1) is 0 Å². The standard InChI is InChI=1S/C6H16O17P4/c7-4-2(20-24(8,9)10)1-3(21-25(11,12)13)5(22-26(14,15)16)6(4)23-27(17,18)19/h2-7H,1H2,(H2,8,9,10)(H2,11,12,13)(H2,14,15,16)(H2,17,18,19)/t2-,3+,4-,5-,6-/m1/s1. The lowest BCUT2D eigenvalue weighted by atomic mass is 9.87. The van der Waals surface area contributed by atoms with E-state index in [1.807, 2.05) is 0 Å². The Morgan fingerprint density at radius 1 is 0.556 bits per heavy atom. The zero-order valence-electron chi connectivity index (χ0n) is 12.7. The van der Waals surface area contributed by atoms with E-state index < -0.39 is 68.2 Å². The van der Waals surface area contributed by atoms with Gasteiger partial charge in [-0.3, -0.25) is 18.1 Å². The van der Waals surface area contributed by atoms with Gasteiger partial charge < -0.3 is 44.3 Å². The molecular weight excluding hydrogens is 468 g/mol. The number of phosphoric acid groups is 4. The van der Waals surface area contributed by atoms with E-state index in [4.69, 9.17) is 39.1 Å². The highest BCUT2D eigenvalue weighted by atomic mass is 31.2. The minimum Gasteiger partial charge on any atom is -0.388 e. The Labute approximate surface area is 149 Å². The van der Waals surface area contributed by atoms with Crippen LogP contribution >= 0.6 is 31.3 Å². The van der Waals surface area contributed by atoms with Gasteiger partial charge in [-0.15, -0.1) is 0 Å². The topological polar surface area (TPSA) is 287 Å². The third-order valence-corrected chi connectivity index (χ3v) is 5.06. The Hall–Kier alpha value is 0.400. The first-order valence-electron chi connectivity index (χ1n) is 6.41. The summed E-state index contributed by atoms with van der Waals surface area (Å²) in [4.78, 5) is 70.9. The summed E-state index contributed by atoms with van der Waals surface area (Å²) < 4.78 is 60.8. The fourth-order valence-electron chi connectivity index (χ4n) is 2.25. The lowest BCUT2D eigenvalue weighted by Gasteiger charge is -2.43. The molecule has 21 heteroatoms. The maximum Gasteiger partial charge on any atom is 0.470 e. The first kappa shape index (κ1) is 25.4. The molecule has 0 unspecified atom stereocenters. The molecule has 5 atom stereocenters. The highest BCUT2D eigenvalue weighted by molar-refractivity contribution is 7.47. The van der Waals surface area contributed by atoms with Crippen LogP contribution in [0.4, 0.5) is 0 Å². The zero-order valence-corrected chi connectivity index (χ0v) is 16.3. The molecule has 0 aromatic rings. The Balaban J connectivity index is 3.36. The summed E-state index contributed by atoms with van der Waals surface area (Å²) in [5, 5.41) is 10.0. The molecule has 9 N–H and O–H groups in total. The van der Waals surface area contributed by atoms with Crippen LogP contribution in [0.1, 0.15) is 6.42 Å². The van der Waals surface area contributed by atoms with Gasteiger partial charge in [0.1, 0.15) is 30.5 Å². The van der Waals surface area contributed by atoms with Gasteiger partial charge in [0.25, 0.3) is 0 Å². The second-order valence-electron chi connectivity index (χ2n) is 5.12. The van der Waals surface area contributed by atoms with Gasteiger partial charge >= 0.3 is 31.3 Å². The summed E-state index contributed by atoms with van der Waals surface area (Å²) in [5.74, 6) is 0. The SMILES string of the molecule is O=P(O)(O)O[C@@H]1[C@H](O)[C@H](OP(=O)(O)O)C[C@H](OP(=O)(O)O)[C@H]1OP(=O)(O)O. The van der Waals surface area contributed by atoms with Gasteiger partial charge in [-0.25, -0.2) is 18.3 Å². The fourth-order valence-corrected chi connectivity index (χ4v) is 4.51. The smallest absolute Gasteiger partial charge is 0.388 e. The molecule has 1 fully saturated rings. The first-order chi connectivity index (χ1) is 11.8. The van der Waals surface area contributed by atoms with Crippen molar-refractivity contribution in [1.29, 1.82) is 0 Å². The molecule has 162 valence electrons. The number of rotatable bonds is 8. The van der Waals surface area contributed by atoms with Crippen LogP contribution < -0.4 is 0 Å². The number of hydrogen-bond acceptors (Lipinski definition) is 9. The van der Waals surface area contributed by atoms with E-state index in [1.54, 1.807) is 0 Å². The molecule has 27 heavy (non-hydrogen) atoms. The summed E-state index contributed by atoms with van der Waals surface area (Å²) in [6, 6.07) is 0. The maximum absolute atomic E-state index is 11.1. The molecule has 0 aromatic carbocycles. The predicted molar refractivity (Wildman–Crippen MR) is 78.3 cm³/mol. The van der Waals surface area contributed by atoms with Crippen LogP contribution in [0.15, 0.2) is 0 Å². The number of phosphoric ester groups is 4. The Morgan fingerprint density at radius 3 is 1.26 bits per heavy atom. The van der Waals surface area contributed by atoms with Crippen molar-refractivity contribution in [3.05, 3.63) is 0 Å². The largest absolute Gasteiger partial charge is 0.470 e. The predicted octanol–water partition coefficient (Wildman–Crippen LogP) is -2.34. The van der Waals surface area contributed by atoms with Gasteiger partial charge in [-0.2, -0.15) is 0 Å². The van der Waals surface area contributed by atoms with Crippen molar-refractivity contribution < 1.29 is 80.6 Å². The molecule has 1 saturated carbocycles. The van der Waals surface area contributed by atoms with Crippen molar-refractivity contribution in [2.75, 3.05) is 0 Å². The van der Waals surface area contributed by atoms with Gasteiger partial charge in [-0.05, 0) is 0 Å². The monoisotopic (exact) mass is 484 g/mol. The van der Waals surface area contributed by atoms with E-state index in [0.29, 0.717) is 0 Å². The summed E-state index contributed by atoms with van der Waals surface area (Å²) >= 11 is 0. The maximum atomic E-state index is 11.1. The van der Waals surface area contributed by atoms with E-state index >= 15 is 0 Å². The molecule has 0 bridgehead atoms. The average molecular weight is 484 g/mol. The van der Waals surface area contributed by atoms with Crippen LogP contribution in [0.3, 0.4) is 0 Å². The summed E-state index contributed by atoms with van der Waals surface area (Å²) in [6.07, 6.45) is -12.6. The molecule has 0 spiro atoms. The van der Waals surface area contributed by atoms with Crippen molar-refractivity contribution >= 4 is 31.3 Å². The van der Waals surface area contributed by atoms with E-state index in [9.17, 15) is 23.4 Å². The lowest BCUT2D eigenvalue weighted by Crippen LogP contribution is -2.58. The van der Waals surface area contributed by atoms with Crippen LogP contribution in [0, 0.1) is 0 Å². The molecule has 0 aromatic heterocycles. The Bertz CT molecular complexity index is 696. The molecule has 17 nitrogen and oxygen atoms in total. The van der Waals surface area contributed by atoms with Crippen molar-refractivity contribution in [1.82, 2.24) is 0 Å². The number of aliphatic hydroxyl groups is 1. The van der Waals surface area contributed by atoms with E-state index in [0.717, 1.165) is 0 Å². The third-order valence-electron chi connectivity index (χ3n) is 2.94. The molecule has 1 aliphatic rings. The van der Waals surface area contributed by atoms with Gasteiger partial charge in [0, 0.05) is 6.42 Å². The molecule has 0 saturated heterocycles. The highest BCUT2D eigenvalue weighted by Crippen LogP contribution is 2.52. The van der Waals surface area contributed by atoms with E-state index in [2.05, 4.69) is 18.1 Å². The summed E-state index contributed by atoms with van der Waals surface area (Å²) in [5.41, 5.74) is 0. The highest BCUT2D eigenvalue weighted by Gasteiger charge is 2.53. The molecule has 0 amide bonds. The van der Waals surface area contributed by atoms with Gasteiger partial charge in [-0.1, -0.05) is 0 Å².